The van der Waals surface area contributed by atoms with E-state index < -0.39 is 0 Å². The second-order valence-corrected chi connectivity index (χ2v) is 10.6. The zero-order valence-corrected chi connectivity index (χ0v) is 21.1. The van der Waals surface area contributed by atoms with Crippen molar-refractivity contribution in [2.75, 3.05) is 11.9 Å². The summed E-state index contributed by atoms with van der Waals surface area (Å²) in [6, 6.07) is 11.0. The molecule has 1 N–H and O–H groups in total. The van der Waals surface area contributed by atoms with Crippen molar-refractivity contribution in [2.45, 2.75) is 59.0 Å². The first-order valence-electron chi connectivity index (χ1n) is 12.8. The lowest BCUT2D eigenvalue weighted by molar-refractivity contribution is 0.230. The molecule has 3 aromatic heterocycles. The van der Waals surface area contributed by atoms with Gasteiger partial charge < -0.3 is 14.6 Å². The first-order chi connectivity index (χ1) is 16.9. The SMILES string of the molecule is Cc1cc2cc(n1)-c1cnn(C)c1OC[C@H]1CC[C@H](C1)Cn1c(nc3ccc(C(C)C)cc31)NC2. The lowest BCUT2D eigenvalue weighted by Gasteiger charge is -2.17. The summed E-state index contributed by atoms with van der Waals surface area (Å²) in [7, 11) is 1.94. The summed E-state index contributed by atoms with van der Waals surface area (Å²) in [5, 5.41) is 8.15. The van der Waals surface area contributed by atoms with E-state index in [1.54, 1.807) is 0 Å². The number of pyridine rings is 1. The maximum Gasteiger partial charge on any atom is 0.221 e. The van der Waals surface area contributed by atoms with Gasteiger partial charge in [0.1, 0.15) is 0 Å². The highest BCUT2D eigenvalue weighted by Crippen LogP contribution is 2.36. The van der Waals surface area contributed by atoms with Crippen LogP contribution in [0.25, 0.3) is 22.3 Å². The molecule has 1 aliphatic carbocycles. The number of aromatic nitrogens is 5. The van der Waals surface area contributed by atoms with E-state index in [9.17, 15) is 0 Å². The average Bonchev–Trinajstić information content (AvgIpc) is 3.53. The summed E-state index contributed by atoms with van der Waals surface area (Å²) in [5.41, 5.74) is 7.65. The number of fused-ring (bicyclic) bond motifs is 9. The number of aryl methyl sites for hydroxylation is 2. The van der Waals surface area contributed by atoms with Crippen LogP contribution in [0.15, 0.2) is 36.5 Å². The van der Waals surface area contributed by atoms with Crippen molar-refractivity contribution in [3.8, 4) is 17.1 Å². The summed E-state index contributed by atoms with van der Waals surface area (Å²) in [5.74, 6) is 3.41. The Morgan fingerprint density at radius 1 is 1.09 bits per heavy atom. The highest BCUT2D eigenvalue weighted by atomic mass is 16.5. The molecule has 0 spiro atoms. The lowest BCUT2D eigenvalue weighted by Crippen LogP contribution is -2.14. The molecule has 0 unspecified atom stereocenters. The summed E-state index contributed by atoms with van der Waals surface area (Å²) in [4.78, 5) is 9.84. The molecule has 0 amide bonds. The van der Waals surface area contributed by atoms with Crippen molar-refractivity contribution < 1.29 is 4.74 Å². The number of nitrogens with zero attached hydrogens (tertiary/aromatic N) is 5. The molecule has 4 bridgehead atoms. The Hall–Kier alpha value is -3.35. The zero-order valence-electron chi connectivity index (χ0n) is 21.1. The number of hydrogen-bond donors (Lipinski definition) is 1. The molecule has 35 heavy (non-hydrogen) atoms. The fourth-order valence-electron chi connectivity index (χ4n) is 5.70. The minimum Gasteiger partial charge on any atom is -0.477 e. The molecule has 7 heteroatoms. The third-order valence-electron chi connectivity index (χ3n) is 7.61. The largest absolute Gasteiger partial charge is 0.477 e. The normalized spacial score (nSPS) is 20.0. The number of rotatable bonds is 1. The maximum absolute atomic E-state index is 6.39. The second kappa shape index (κ2) is 8.70. The summed E-state index contributed by atoms with van der Waals surface area (Å²) in [6.07, 6.45) is 5.45. The van der Waals surface area contributed by atoms with Crippen LogP contribution >= 0.6 is 0 Å². The van der Waals surface area contributed by atoms with Gasteiger partial charge in [0.2, 0.25) is 11.8 Å². The van der Waals surface area contributed by atoms with Crippen LogP contribution in [-0.2, 0) is 20.1 Å². The van der Waals surface area contributed by atoms with Gasteiger partial charge in [0.15, 0.2) is 0 Å². The Balaban J connectivity index is 1.44. The number of anilines is 1. The van der Waals surface area contributed by atoms with E-state index in [2.05, 4.69) is 59.2 Å². The van der Waals surface area contributed by atoms with Crippen molar-refractivity contribution in [3.63, 3.8) is 0 Å². The lowest BCUT2D eigenvalue weighted by atomic mass is 10.0. The van der Waals surface area contributed by atoms with Crippen LogP contribution in [0, 0.1) is 18.8 Å². The van der Waals surface area contributed by atoms with E-state index in [0.717, 1.165) is 47.4 Å². The minimum atomic E-state index is 0.489. The van der Waals surface area contributed by atoms with Gasteiger partial charge in [-0.15, -0.1) is 0 Å². The van der Waals surface area contributed by atoms with Crippen LogP contribution in [0.1, 0.15) is 55.8 Å². The van der Waals surface area contributed by atoms with Gasteiger partial charge in [-0.05, 0) is 79.3 Å². The molecule has 4 aromatic rings. The molecule has 2 aliphatic rings. The predicted molar refractivity (Wildman–Crippen MR) is 139 cm³/mol. The maximum atomic E-state index is 6.39. The molecule has 1 aliphatic heterocycles. The first kappa shape index (κ1) is 22.1. The smallest absolute Gasteiger partial charge is 0.221 e. The Bertz CT molecular complexity index is 1380. The molecule has 0 radical (unpaired) electrons. The quantitative estimate of drug-likeness (QED) is 0.387. The summed E-state index contributed by atoms with van der Waals surface area (Å²) in [6.45, 7) is 8.92. The first-order valence-corrected chi connectivity index (χ1v) is 12.8. The molecule has 1 fully saturated rings. The number of nitrogens with one attached hydrogen (secondary N) is 1. The van der Waals surface area contributed by atoms with Gasteiger partial charge in [0.25, 0.3) is 0 Å². The van der Waals surface area contributed by atoms with Crippen LogP contribution in [0.2, 0.25) is 0 Å². The van der Waals surface area contributed by atoms with Gasteiger partial charge in [-0.3, -0.25) is 4.98 Å². The molecule has 182 valence electrons. The van der Waals surface area contributed by atoms with Crippen molar-refractivity contribution in [3.05, 3.63) is 53.3 Å². The van der Waals surface area contributed by atoms with Crippen LogP contribution in [-0.4, -0.2) is 30.9 Å². The molecular weight excluding hydrogens is 436 g/mol. The van der Waals surface area contributed by atoms with Gasteiger partial charge in [0, 0.05) is 25.8 Å². The molecule has 2 atom stereocenters. The molecule has 4 heterocycles. The zero-order chi connectivity index (χ0) is 24.1. The Labute approximate surface area is 206 Å². The molecule has 7 nitrogen and oxygen atoms in total. The average molecular weight is 471 g/mol. The predicted octanol–water partition coefficient (Wildman–Crippen LogP) is 5.68. The second-order valence-electron chi connectivity index (χ2n) is 10.6. The Kier molecular flexibility index (Phi) is 5.50. The number of ether oxygens (including phenoxy) is 1. The monoisotopic (exact) mass is 470 g/mol. The van der Waals surface area contributed by atoms with E-state index in [1.165, 1.54) is 35.9 Å². The van der Waals surface area contributed by atoms with E-state index >= 15 is 0 Å². The molecular formula is C28H34N6O. The summed E-state index contributed by atoms with van der Waals surface area (Å²) < 4.78 is 10.6. The van der Waals surface area contributed by atoms with Crippen molar-refractivity contribution in [1.29, 1.82) is 0 Å². The van der Waals surface area contributed by atoms with Gasteiger partial charge in [-0.25, -0.2) is 9.67 Å². The van der Waals surface area contributed by atoms with Gasteiger partial charge in [0.05, 0.1) is 35.1 Å². The van der Waals surface area contributed by atoms with E-state index in [0.29, 0.717) is 24.3 Å². The molecule has 1 aromatic carbocycles. The van der Waals surface area contributed by atoms with Crippen LogP contribution in [0.3, 0.4) is 0 Å². The topological polar surface area (TPSA) is 69.8 Å². The van der Waals surface area contributed by atoms with E-state index in [1.807, 2.05) is 24.9 Å². The van der Waals surface area contributed by atoms with Gasteiger partial charge >= 0.3 is 0 Å². The fourth-order valence-corrected chi connectivity index (χ4v) is 5.70. The highest BCUT2D eigenvalue weighted by molar-refractivity contribution is 5.79. The Morgan fingerprint density at radius 2 is 1.94 bits per heavy atom. The van der Waals surface area contributed by atoms with Crippen LogP contribution in [0.4, 0.5) is 5.95 Å². The molecule has 6 rings (SSSR count). The Morgan fingerprint density at radius 3 is 2.80 bits per heavy atom. The van der Waals surface area contributed by atoms with Gasteiger partial charge in [-0.2, -0.15) is 5.10 Å². The number of hydrogen-bond acceptors (Lipinski definition) is 5. The highest BCUT2D eigenvalue weighted by Gasteiger charge is 2.28. The fraction of sp³-hybridized carbons (Fsp3) is 0.464. The van der Waals surface area contributed by atoms with Crippen LogP contribution < -0.4 is 10.1 Å². The molecule has 1 saturated carbocycles. The van der Waals surface area contributed by atoms with Crippen molar-refractivity contribution in [1.82, 2.24) is 24.3 Å². The van der Waals surface area contributed by atoms with E-state index in [-0.39, 0.29) is 0 Å². The third kappa shape index (κ3) is 4.17. The standard InChI is InChI=1S/C28H34N6O/c1-17(2)22-7-8-24-26(12-22)34-15-19-5-6-20(10-19)16-35-27-23(14-30-33(27)4)25-11-21(9-18(3)31-25)13-29-28(34)32-24/h7-9,11-12,14,17,19-20H,5-6,10,13,15-16H2,1-4H3,(H,29,32)/t19-,20+/m1/s1. The minimum absolute atomic E-state index is 0.489. The van der Waals surface area contributed by atoms with Crippen molar-refractivity contribution in [2.24, 2.45) is 18.9 Å². The van der Waals surface area contributed by atoms with Crippen molar-refractivity contribution >= 4 is 17.0 Å². The van der Waals surface area contributed by atoms with E-state index in [4.69, 9.17) is 14.7 Å². The summed E-state index contributed by atoms with van der Waals surface area (Å²) >= 11 is 0. The van der Waals surface area contributed by atoms with Crippen LogP contribution in [0.5, 0.6) is 5.88 Å². The number of imidazole rings is 1. The van der Waals surface area contributed by atoms with Gasteiger partial charge in [-0.1, -0.05) is 19.9 Å². The molecule has 0 saturated heterocycles. The number of benzene rings is 1. The third-order valence-corrected chi connectivity index (χ3v) is 7.61.